The fourth-order valence-electron chi connectivity index (χ4n) is 3.14. The van der Waals surface area contributed by atoms with Crippen molar-refractivity contribution >= 4 is 5.97 Å². The summed E-state index contributed by atoms with van der Waals surface area (Å²) in [4.78, 5) is 11.2. The predicted molar refractivity (Wildman–Crippen MR) is 101 cm³/mol. The van der Waals surface area contributed by atoms with Crippen LogP contribution in [0.5, 0.6) is 17.2 Å². The molecule has 1 unspecified atom stereocenters. The van der Waals surface area contributed by atoms with Crippen molar-refractivity contribution in [3.63, 3.8) is 0 Å². The molecule has 168 valence electrons. The first-order chi connectivity index (χ1) is 14.4. The highest BCUT2D eigenvalue weighted by Crippen LogP contribution is 2.33. The van der Waals surface area contributed by atoms with Crippen LogP contribution in [-0.4, -0.2) is 96.1 Å². The summed E-state index contributed by atoms with van der Waals surface area (Å²) in [6.45, 7) is 4.53. The average Bonchev–Trinajstić information content (AvgIpc) is 2.74. The zero-order valence-corrected chi connectivity index (χ0v) is 16.5. The Hall–Kier alpha value is -2.15. The second-order valence-electron chi connectivity index (χ2n) is 6.90. The largest absolute Gasteiger partial charge is 0.490 e. The van der Waals surface area contributed by atoms with Gasteiger partial charge in [-0.05, 0) is 19.1 Å². The van der Waals surface area contributed by atoms with Crippen molar-refractivity contribution in [2.45, 2.75) is 43.7 Å². The van der Waals surface area contributed by atoms with E-state index in [1.54, 1.807) is 6.07 Å². The number of ether oxygens (including phenoxy) is 5. The third-order valence-corrected chi connectivity index (χ3v) is 4.71. The van der Waals surface area contributed by atoms with Crippen LogP contribution in [0.15, 0.2) is 18.2 Å². The van der Waals surface area contributed by atoms with Crippen LogP contribution in [0.2, 0.25) is 0 Å². The zero-order valence-electron chi connectivity index (χ0n) is 16.5. The summed E-state index contributed by atoms with van der Waals surface area (Å²) < 4.78 is 27.7. The highest BCUT2D eigenvalue weighted by Gasteiger charge is 2.48. The van der Waals surface area contributed by atoms with E-state index >= 15 is 0 Å². The van der Waals surface area contributed by atoms with E-state index in [1.807, 2.05) is 6.92 Å². The molecule has 1 aromatic carbocycles. The second-order valence-corrected chi connectivity index (χ2v) is 6.90. The molecule has 5 N–H and O–H groups in total. The molecule has 11 heteroatoms. The van der Waals surface area contributed by atoms with Crippen molar-refractivity contribution < 1.29 is 48.9 Å². The minimum absolute atomic E-state index is 0.130. The Morgan fingerprint density at radius 3 is 2.63 bits per heavy atom. The maximum absolute atomic E-state index is 11.2. The van der Waals surface area contributed by atoms with Gasteiger partial charge in [0.15, 0.2) is 17.6 Å². The number of benzene rings is 1. The van der Waals surface area contributed by atoms with Crippen molar-refractivity contribution in [2.75, 3.05) is 32.9 Å². The third-order valence-electron chi connectivity index (χ3n) is 4.71. The lowest BCUT2D eigenvalue weighted by molar-refractivity contribution is -0.271. The first-order valence-corrected chi connectivity index (χ1v) is 9.71. The monoisotopic (exact) mass is 429 g/mol. The van der Waals surface area contributed by atoms with Crippen LogP contribution >= 0.6 is 0 Å². The van der Waals surface area contributed by atoms with Gasteiger partial charge in [-0.1, -0.05) is 0 Å². The first kappa shape index (κ1) is 22.5. The molecule has 11 nitrogen and oxygen atoms in total. The number of nitrogens with one attached hydrogen (secondary N) is 1. The fraction of sp³-hybridized carbons (Fsp3) is 0.632. The molecule has 0 saturated carbocycles. The molecule has 0 aliphatic carbocycles. The highest BCUT2D eigenvalue weighted by molar-refractivity contribution is 5.73. The molecule has 2 aliphatic rings. The van der Waals surface area contributed by atoms with Crippen LogP contribution in [0.4, 0.5) is 0 Å². The van der Waals surface area contributed by atoms with Gasteiger partial charge in [0.1, 0.15) is 36.8 Å². The third kappa shape index (κ3) is 5.31. The van der Waals surface area contributed by atoms with Gasteiger partial charge in [-0.15, -0.1) is 0 Å². The molecule has 2 heterocycles. The van der Waals surface area contributed by atoms with Crippen molar-refractivity contribution in [3.8, 4) is 17.2 Å². The van der Waals surface area contributed by atoms with E-state index in [2.05, 4.69) is 5.32 Å². The lowest BCUT2D eigenvalue weighted by atomic mass is 9.99. The number of aliphatic carboxylic acids is 1. The molecular formula is C19H27NO10. The van der Waals surface area contributed by atoms with Crippen LogP contribution in [0, 0.1) is 0 Å². The molecule has 3 rings (SSSR count). The molecule has 0 bridgehead atoms. The lowest BCUT2D eigenvalue weighted by Gasteiger charge is -2.38. The number of carbonyl (C=O) groups is 1. The van der Waals surface area contributed by atoms with Crippen LogP contribution in [0.25, 0.3) is 0 Å². The molecule has 6 atom stereocenters. The molecule has 30 heavy (non-hydrogen) atoms. The number of rotatable bonds is 8. The van der Waals surface area contributed by atoms with Gasteiger partial charge in [0.05, 0.1) is 13.2 Å². The maximum atomic E-state index is 11.2. The Kier molecular flexibility index (Phi) is 7.69. The lowest BCUT2D eigenvalue weighted by Crippen LogP contribution is -2.61. The molecule has 0 amide bonds. The number of hydrogen-bond donors (Lipinski definition) is 5. The Bertz CT molecular complexity index is 711. The minimum atomic E-state index is -1.79. The van der Waals surface area contributed by atoms with E-state index in [-0.39, 0.29) is 18.5 Å². The van der Waals surface area contributed by atoms with E-state index in [0.29, 0.717) is 31.3 Å². The number of aliphatic hydroxyl groups is 3. The highest BCUT2D eigenvalue weighted by atomic mass is 16.7. The Morgan fingerprint density at radius 1 is 1.17 bits per heavy atom. The second kappa shape index (κ2) is 10.2. The average molecular weight is 429 g/mol. The Balaban J connectivity index is 1.72. The number of carboxylic acid groups (broad SMARTS) is 1. The molecular weight excluding hydrogens is 402 g/mol. The molecule has 0 spiro atoms. The summed E-state index contributed by atoms with van der Waals surface area (Å²) >= 11 is 0. The van der Waals surface area contributed by atoms with Crippen molar-refractivity contribution in [1.29, 1.82) is 0 Å². The smallest absolute Gasteiger partial charge is 0.335 e. The van der Waals surface area contributed by atoms with Gasteiger partial charge in [-0.3, -0.25) is 0 Å². The van der Waals surface area contributed by atoms with Crippen molar-refractivity contribution in [3.05, 3.63) is 18.2 Å². The molecule has 0 aromatic heterocycles. The van der Waals surface area contributed by atoms with E-state index in [4.69, 9.17) is 28.8 Å². The summed E-state index contributed by atoms with van der Waals surface area (Å²) in [5.41, 5.74) is 0. The van der Waals surface area contributed by atoms with Crippen molar-refractivity contribution in [2.24, 2.45) is 0 Å². The SMILES string of the molecule is CCOc1ccc(O[C@@H]2O[C@H](C(=O)O)[C@@H](O)[C@H](O)[C@H]2O)cc1OCC1CNCCO1. The van der Waals surface area contributed by atoms with Gasteiger partial charge in [0, 0.05) is 19.2 Å². The van der Waals surface area contributed by atoms with E-state index in [0.717, 1.165) is 6.54 Å². The van der Waals surface area contributed by atoms with Crippen LogP contribution in [-0.2, 0) is 14.3 Å². The van der Waals surface area contributed by atoms with Crippen LogP contribution in [0.1, 0.15) is 6.92 Å². The van der Waals surface area contributed by atoms with E-state index in [1.165, 1.54) is 12.1 Å². The number of carboxylic acids is 1. The first-order valence-electron chi connectivity index (χ1n) is 9.71. The van der Waals surface area contributed by atoms with E-state index < -0.39 is 36.7 Å². The quantitative estimate of drug-likeness (QED) is 0.335. The summed E-state index contributed by atoms with van der Waals surface area (Å²) in [6, 6.07) is 4.63. The number of morpholine rings is 1. The zero-order chi connectivity index (χ0) is 21.7. The minimum Gasteiger partial charge on any atom is -0.490 e. The van der Waals surface area contributed by atoms with Crippen molar-refractivity contribution in [1.82, 2.24) is 5.32 Å². The maximum Gasteiger partial charge on any atom is 0.335 e. The molecule has 2 aliphatic heterocycles. The molecule has 0 radical (unpaired) electrons. The number of aliphatic hydroxyl groups excluding tert-OH is 3. The van der Waals surface area contributed by atoms with Gasteiger partial charge >= 0.3 is 5.97 Å². The summed E-state index contributed by atoms with van der Waals surface area (Å²) in [5, 5.41) is 42.2. The normalized spacial score (nSPS) is 31.7. The molecule has 2 fully saturated rings. The van der Waals surface area contributed by atoms with Gasteiger partial charge in [0.2, 0.25) is 6.29 Å². The van der Waals surface area contributed by atoms with Gasteiger partial charge in [-0.2, -0.15) is 0 Å². The predicted octanol–water partition coefficient (Wildman–Crippen LogP) is -1.28. The van der Waals surface area contributed by atoms with Crippen LogP contribution in [0.3, 0.4) is 0 Å². The van der Waals surface area contributed by atoms with Crippen LogP contribution < -0.4 is 19.5 Å². The van der Waals surface area contributed by atoms with Gasteiger partial charge in [0.25, 0.3) is 0 Å². The summed E-state index contributed by atoms with van der Waals surface area (Å²) in [5.74, 6) is -0.464. The van der Waals surface area contributed by atoms with Gasteiger partial charge < -0.3 is 49.4 Å². The standard InChI is InChI=1S/C19H27NO10/c1-2-26-12-4-3-10(7-13(12)28-9-11-8-20-5-6-27-11)29-19-16(23)14(21)15(22)17(30-19)18(24)25/h3-4,7,11,14-17,19-23H,2,5-6,8-9H2,1H3,(H,24,25)/t11?,14-,15-,16+,17-,19+/m0/s1. The summed E-state index contributed by atoms with van der Waals surface area (Å²) in [6.07, 6.45) is -8.59. The molecule has 1 aromatic rings. The number of hydrogen-bond acceptors (Lipinski definition) is 10. The summed E-state index contributed by atoms with van der Waals surface area (Å²) in [7, 11) is 0. The van der Waals surface area contributed by atoms with Gasteiger partial charge in [-0.25, -0.2) is 4.79 Å². The topological polar surface area (TPSA) is 156 Å². The molecule has 2 saturated heterocycles. The Morgan fingerprint density at radius 2 is 1.97 bits per heavy atom. The Labute approximate surface area is 173 Å². The van der Waals surface area contributed by atoms with E-state index in [9.17, 15) is 20.1 Å². The fourth-order valence-corrected chi connectivity index (χ4v) is 3.14.